The molecule has 0 aliphatic rings. The van der Waals surface area contributed by atoms with Crippen LogP contribution in [0, 0.1) is 0 Å². The van der Waals surface area contributed by atoms with Gasteiger partial charge in [-0.15, -0.1) is 23.5 Å². The number of nitrogens with one attached hydrogen (secondary N) is 1. The molecule has 0 heterocycles. The first-order chi connectivity index (χ1) is 9.69. The smallest absolute Gasteiger partial charge is 0.237 e. The number of hydrogen-bond donors (Lipinski definition) is 1. The maximum absolute atomic E-state index is 12.2. The molecule has 2 rings (SSSR count). The van der Waals surface area contributed by atoms with Gasteiger partial charge in [-0.2, -0.15) is 0 Å². The molecule has 0 fully saturated rings. The van der Waals surface area contributed by atoms with Crippen LogP contribution >= 0.6 is 23.5 Å². The van der Waals surface area contributed by atoms with Crippen LogP contribution in [-0.4, -0.2) is 17.4 Å². The van der Waals surface area contributed by atoms with Gasteiger partial charge in [-0.25, -0.2) is 0 Å². The summed E-state index contributed by atoms with van der Waals surface area (Å²) in [5.41, 5.74) is 0.849. The quantitative estimate of drug-likeness (QED) is 0.823. The Bertz CT molecular complexity index is 572. The molecular formula is C16H17NOS2. The molecule has 0 saturated heterocycles. The third-order valence-electron chi connectivity index (χ3n) is 2.76. The maximum Gasteiger partial charge on any atom is 0.237 e. The Balaban J connectivity index is 1.97. The SMILES string of the molecule is CSc1cccc(NC(=O)[C@@H](C)Sc2ccccc2)c1. The number of hydrogen-bond acceptors (Lipinski definition) is 3. The second kappa shape index (κ2) is 7.41. The van der Waals surface area contributed by atoms with E-state index in [0.717, 1.165) is 15.5 Å². The summed E-state index contributed by atoms with van der Waals surface area (Å²) in [4.78, 5) is 14.4. The van der Waals surface area contributed by atoms with Gasteiger partial charge in [0.2, 0.25) is 5.91 Å². The number of benzene rings is 2. The molecular weight excluding hydrogens is 286 g/mol. The van der Waals surface area contributed by atoms with Crippen LogP contribution in [0.3, 0.4) is 0 Å². The molecule has 1 atom stereocenters. The minimum absolute atomic E-state index is 0.0251. The van der Waals surface area contributed by atoms with E-state index in [1.165, 1.54) is 0 Å². The lowest BCUT2D eigenvalue weighted by Gasteiger charge is -2.12. The van der Waals surface area contributed by atoms with E-state index >= 15 is 0 Å². The van der Waals surface area contributed by atoms with E-state index in [-0.39, 0.29) is 11.2 Å². The monoisotopic (exact) mass is 303 g/mol. The van der Waals surface area contributed by atoms with E-state index < -0.39 is 0 Å². The van der Waals surface area contributed by atoms with Crippen LogP contribution in [0.5, 0.6) is 0 Å². The molecule has 4 heteroatoms. The molecule has 1 N–H and O–H groups in total. The van der Waals surface area contributed by atoms with Crippen molar-refractivity contribution in [2.45, 2.75) is 22.0 Å². The van der Waals surface area contributed by atoms with Crippen molar-refractivity contribution in [2.75, 3.05) is 11.6 Å². The number of carbonyl (C=O) groups excluding carboxylic acids is 1. The fourth-order valence-electron chi connectivity index (χ4n) is 1.70. The molecule has 0 aliphatic carbocycles. The van der Waals surface area contributed by atoms with Crippen LogP contribution < -0.4 is 5.32 Å². The highest BCUT2D eigenvalue weighted by molar-refractivity contribution is 8.00. The standard InChI is InChI=1S/C16H17NOS2/c1-12(20-14-8-4-3-5-9-14)16(18)17-13-7-6-10-15(11-13)19-2/h3-12H,1-2H3,(H,17,18)/t12-/m1/s1. The van der Waals surface area contributed by atoms with Crippen molar-refractivity contribution in [1.82, 2.24) is 0 Å². The number of amides is 1. The van der Waals surface area contributed by atoms with Gasteiger partial charge in [-0.05, 0) is 43.5 Å². The molecule has 2 aromatic carbocycles. The van der Waals surface area contributed by atoms with Gasteiger partial charge in [0.1, 0.15) is 0 Å². The molecule has 1 amide bonds. The van der Waals surface area contributed by atoms with Crippen molar-refractivity contribution >= 4 is 35.1 Å². The summed E-state index contributed by atoms with van der Waals surface area (Å²) in [5, 5.41) is 2.83. The molecule has 20 heavy (non-hydrogen) atoms. The summed E-state index contributed by atoms with van der Waals surface area (Å²) in [5.74, 6) is 0.0251. The second-order valence-corrected chi connectivity index (χ2v) is 6.59. The Labute approximate surface area is 128 Å². The Kier molecular flexibility index (Phi) is 5.56. The maximum atomic E-state index is 12.2. The van der Waals surface area contributed by atoms with Crippen molar-refractivity contribution in [3.05, 3.63) is 54.6 Å². The third-order valence-corrected chi connectivity index (χ3v) is 4.60. The molecule has 0 saturated carbocycles. The molecule has 0 unspecified atom stereocenters. The van der Waals surface area contributed by atoms with Crippen molar-refractivity contribution in [3.63, 3.8) is 0 Å². The number of carbonyl (C=O) groups is 1. The van der Waals surface area contributed by atoms with Gasteiger partial charge < -0.3 is 5.32 Å². The van der Waals surface area contributed by atoms with Gasteiger partial charge in [-0.3, -0.25) is 4.79 Å². The zero-order valence-corrected chi connectivity index (χ0v) is 13.1. The third kappa shape index (κ3) is 4.32. The Morgan fingerprint density at radius 2 is 1.75 bits per heavy atom. The zero-order chi connectivity index (χ0) is 14.4. The van der Waals surface area contributed by atoms with E-state index in [0.29, 0.717) is 0 Å². The fourth-order valence-corrected chi connectivity index (χ4v) is 3.05. The first-order valence-electron chi connectivity index (χ1n) is 6.35. The lowest BCUT2D eigenvalue weighted by atomic mass is 10.3. The van der Waals surface area contributed by atoms with E-state index in [1.54, 1.807) is 23.5 Å². The summed E-state index contributed by atoms with van der Waals surface area (Å²) in [7, 11) is 0. The second-order valence-electron chi connectivity index (χ2n) is 4.29. The highest BCUT2D eigenvalue weighted by Crippen LogP contribution is 2.24. The molecule has 104 valence electrons. The predicted octanol–water partition coefficient (Wildman–Crippen LogP) is 4.53. The van der Waals surface area contributed by atoms with Gasteiger partial charge in [0.15, 0.2) is 0 Å². The highest BCUT2D eigenvalue weighted by Gasteiger charge is 2.14. The van der Waals surface area contributed by atoms with Crippen LogP contribution in [0.2, 0.25) is 0 Å². The zero-order valence-electron chi connectivity index (χ0n) is 11.5. The molecule has 0 radical (unpaired) electrons. The van der Waals surface area contributed by atoms with Gasteiger partial charge in [0, 0.05) is 15.5 Å². The minimum atomic E-state index is -0.129. The highest BCUT2D eigenvalue weighted by atomic mass is 32.2. The first kappa shape index (κ1) is 15.0. The lowest BCUT2D eigenvalue weighted by Crippen LogP contribution is -2.22. The Morgan fingerprint density at radius 1 is 1.05 bits per heavy atom. The van der Waals surface area contributed by atoms with Crippen molar-refractivity contribution < 1.29 is 4.79 Å². The van der Waals surface area contributed by atoms with Gasteiger partial charge in [0.05, 0.1) is 5.25 Å². The average molecular weight is 303 g/mol. The van der Waals surface area contributed by atoms with Crippen molar-refractivity contribution in [2.24, 2.45) is 0 Å². The number of thioether (sulfide) groups is 2. The van der Waals surface area contributed by atoms with Crippen LogP contribution in [0.15, 0.2) is 64.4 Å². The first-order valence-corrected chi connectivity index (χ1v) is 8.46. The minimum Gasteiger partial charge on any atom is -0.325 e. The predicted molar refractivity (Wildman–Crippen MR) is 88.6 cm³/mol. The van der Waals surface area contributed by atoms with E-state index in [4.69, 9.17) is 0 Å². The lowest BCUT2D eigenvalue weighted by molar-refractivity contribution is -0.115. The summed E-state index contributed by atoms with van der Waals surface area (Å²) in [6, 6.07) is 17.9. The van der Waals surface area contributed by atoms with Crippen molar-refractivity contribution in [3.8, 4) is 0 Å². The molecule has 0 aromatic heterocycles. The van der Waals surface area contributed by atoms with Crippen LogP contribution in [0.4, 0.5) is 5.69 Å². The fraction of sp³-hybridized carbons (Fsp3) is 0.188. The topological polar surface area (TPSA) is 29.1 Å². The van der Waals surface area contributed by atoms with Gasteiger partial charge in [0.25, 0.3) is 0 Å². The molecule has 2 aromatic rings. The molecule has 0 spiro atoms. The average Bonchev–Trinajstić information content (AvgIpc) is 2.48. The molecule has 0 aliphatic heterocycles. The summed E-state index contributed by atoms with van der Waals surface area (Å²) < 4.78 is 0. The van der Waals surface area contributed by atoms with Gasteiger partial charge in [-0.1, -0.05) is 24.3 Å². The van der Waals surface area contributed by atoms with Crippen LogP contribution in [0.1, 0.15) is 6.92 Å². The summed E-state index contributed by atoms with van der Waals surface area (Å²) >= 11 is 3.23. The molecule has 2 nitrogen and oxygen atoms in total. The summed E-state index contributed by atoms with van der Waals surface area (Å²) in [6.07, 6.45) is 2.02. The summed E-state index contributed by atoms with van der Waals surface area (Å²) in [6.45, 7) is 1.92. The largest absolute Gasteiger partial charge is 0.325 e. The Hall–Kier alpha value is -1.39. The van der Waals surface area contributed by atoms with Gasteiger partial charge >= 0.3 is 0 Å². The van der Waals surface area contributed by atoms with E-state index in [2.05, 4.69) is 5.32 Å². The number of rotatable bonds is 5. The van der Waals surface area contributed by atoms with Crippen molar-refractivity contribution in [1.29, 1.82) is 0 Å². The number of anilines is 1. The normalized spacial score (nSPS) is 11.9. The van der Waals surface area contributed by atoms with Crippen LogP contribution in [0.25, 0.3) is 0 Å². The van der Waals surface area contributed by atoms with E-state index in [1.807, 2.05) is 67.8 Å². The molecule has 0 bridgehead atoms. The van der Waals surface area contributed by atoms with Crippen LogP contribution in [-0.2, 0) is 4.79 Å². The Morgan fingerprint density at radius 3 is 2.45 bits per heavy atom. The van der Waals surface area contributed by atoms with E-state index in [9.17, 15) is 4.79 Å².